The summed E-state index contributed by atoms with van der Waals surface area (Å²) in [4.78, 5) is 35.0. The summed E-state index contributed by atoms with van der Waals surface area (Å²) in [6, 6.07) is 4.19. The van der Waals surface area contributed by atoms with Gasteiger partial charge in [-0.2, -0.15) is 0 Å². The third-order valence-corrected chi connectivity index (χ3v) is 3.46. The molecule has 0 bridgehead atoms. The molecule has 0 saturated heterocycles. The number of amides is 1. The first-order valence-electron chi connectivity index (χ1n) is 6.62. The van der Waals surface area contributed by atoms with Gasteiger partial charge in [0.1, 0.15) is 12.6 Å². The van der Waals surface area contributed by atoms with Crippen LogP contribution in [0.25, 0.3) is 5.65 Å². The van der Waals surface area contributed by atoms with Crippen LogP contribution in [0.2, 0.25) is 0 Å². The summed E-state index contributed by atoms with van der Waals surface area (Å²) in [5.41, 5.74) is 0.00586. The lowest BCUT2D eigenvalue weighted by molar-refractivity contribution is -0.142. The van der Waals surface area contributed by atoms with Gasteiger partial charge in [0.05, 0.1) is 0 Å². The number of pyridine rings is 1. The highest BCUT2D eigenvalue weighted by Gasteiger charge is 2.37. The third kappa shape index (κ3) is 2.64. The van der Waals surface area contributed by atoms with Crippen LogP contribution in [-0.2, 0) is 16.1 Å². The molecule has 110 valence electrons. The summed E-state index contributed by atoms with van der Waals surface area (Å²) in [6.45, 7) is -0.295. The SMILES string of the molecule is O=C(Cn1nc2ccccn2c1=O)NC(C(=O)O)C1CC1. The van der Waals surface area contributed by atoms with E-state index in [0.29, 0.717) is 5.65 Å². The van der Waals surface area contributed by atoms with Crippen molar-refractivity contribution in [1.29, 1.82) is 0 Å². The highest BCUT2D eigenvalue weighted by molar-refractivity contribution is 5.83. The molecule has 0 aromatic carbocycles. The van der Waals surface area contributed by atoms with Crippen LogP contribution >= 0.6 is 0 Å². The molecule has 1 fully saturated rings. The molecule has 8 nitrogen and oxygen atoms in total. The Balaban J connectivity index is 1.75. The molecule has 2 aromatic rings. The van der Waals surface area contributed by atoms with Crippen molar-refractivity contribution in [3.63, 3.8) is 0 Å². The van der Waals surface area contributed by atoms with E-state index in [-0.39, 0.29) is 12.5 Å². The number of nitrogens with one attached hydrogen (secondary N) is 1. The Kier molecular flexibility index (Phi) is 3.20. The minimum atomic E-state index is -1.05. The van der Waals surface area contributed by atoms with E-state index >= 15 is 0 Å². The second-order valence-corrected chi connectivity index (χ2v) is 5.09. The summed E-state index contributed by atoms with van der Waals surface area (Å²) in [5.74, 6) is -1.59. The first-order valence-corrected chi connectivity index (χ1v) is 6.62. The van der Waals surface area contributed by atoms with Crippen molar-refractivity contribution in [2.45, 2.75) is 25.4 Å². The Hall–Kier alpha value is -2.64. The molecule has 0 radical (unpaired) electrons. The number of fused-ring (bicyclic) bond motifs is 1. The van der Waals surface area contributed by atoms with E-state index in [9.17, 15) is 14.4 Å². The number of aliphatic carboxylic acids is 1. The zero-order valence-corrected chi connectivity index (χ0v) is 11.1. The van der Waals surface area contributed by atoms with Crippen molar-refractivity contribution in [2.75, 3.05) is 0 Å². The van der Waals surface area contributed by atoms with Gasteiger partial charge in [-0.1, -0.05) is 6.07 Å². The van der Waals surface area contributed by atoms with E-state index in [2.05, 4.69) is 10.4 Å². The first-order chi connectivity index (χ1) is 10.1. The quantitative estimate of drug-likeness (QED) is 0.770. The van der Waals surface area contributed by atoms with Crippen molar-refractivity contribution in [1.82, 2.24) is 19.5 Å². The molecule has 2 N–H and O–H groups in total. The summed E-state index contributed by atoms with van der Waals surface area (Å²) < 4.78 is 2.35. The third-order valence-electron chi connectivity index (χ3n) is 3.46. The van der Waals surface area contributed by atoms with Gasteiger partial charge in [-0.3, -0.25) is 9.20 Å². The molecule has 1 atom stereocenters. The molecule has 2 aromatic heterocycles. The Bertz CT molecular complexity index is 759. The van der Waals surface area contributed by atoms with Crippen molar-refractivity contribution in [2.24, 2.45) is 5.92 Å². The Morgan fingerprint density at radius 2 is 2.19 bits per heavy atom. The number of carboxylic acid groups (broad SMARTS) is 1. The Morgan fingerprint density at radius 1 is 1.43 bits per heavy atom. The number of carbonyl (C=O) groups excluding carboxylic acids is 1. The van der Waals surface area contributed by atoms with Gasteiger partial charge in [0.2, 0.25) is 5.91 Å². The van der Waals surface area contributed by atoms with E-state index in [1.165, 1.54) is 4.40 Å². The minimum absolute atomic E-state index is 0.00996. The average Bonchev–Trinajstić information content (AvgIpc) is 3.23. The maximum atomic E-state index is 12.0. The number of nitrogens with zero attached hydrogens (tertiary/aromatic N) is 3. The molecular weight excluding hydrogens is 276 g/mol. The predicted molar refractivity (Wildman–Crippen MR) is 71.7 cm³/mol. The van der Waals surface area contributed by atoms with Gasteiger partial charge in [-0.05, 0) is 30.9 Å². The van der Waals surface area contributed by atoms with Crippen LogP contribution in [0, 0.1) is 5.92 Å². The van der Waals surface area contributed by atoms with Crippen molar-refractivity contribution >= 4 is 17.5 Å². The molecule has 3 rings (SSSR count). The molecule has 1 aliphatic rings. The highest BCUT2D eigenvalue weighted by atomic mass is 16.4. The average molecular weight is 290 g/mol. The van der Waals surface area contributed by atoms with E-state index in [4.69, 9.17) is 5.11 Å². The zero-order chi connectivity index (χ0) is 15.0. The van der Waals surface area contributed by atoms with Crippen LogP contribution in [0.5, 0.6) is 0 Å². The van der Waals surface area contributed by atoms with Gasteiger partial charge in [-0.15, -0.1) is 5.10 Å². The Labute approximate surface area is 119 Å². The lowest BCUT2D eigenvalue weighted by Gasteiger charge is -2.12. The maximum Gasteiger partial charge on any atom is 0.350 e. The number of aromatic nitrogens is 3. The summed E-state index contributed by atoms with van der Waals surface area (Å²) in [7, 11) is 0. The van der Waals surface area contributed by atoms with Gasteiger partial charge < -0.3 is 10.4 Å². The van der Waals surface area contributed by atoms with Gasteiger partial charge in [-0.25, -0.2) is 14.3 Å². The van der Waals surface area contributed by atoms with Crippen LogP contribution in [0.1, 0.15) is 12.8 Å². The van der Waals surface area contributed by atoms with Gasteiger partial charge in [0, 0.05) is 6.20 Å². The summed E-state index contributed by atoms with van der Waals surface area (Å²) in [5, 5.41) is 15.5. The first kappa shape index (κ1) is 13.3. The lowest BCUT2D eigenvalue weighted by Crippen LogP contribution is -2.44. The van der Waals surface area contributed by atoms with Crippen LogP contribution in [0.15, 0.2) is 29.2 Å². The fourth-order valence-corrected chi connectivity index (χ4v) is 2.24. The number of rotatable bonds is 5. The van der Waals surface area contributed by atoms with Gasteiger partial charge in [0.15, 0.2) is 5.65 Å². The molecule has 1 aliphatic carbocycles. The molecule has 2 heterocycles. The van der Waals surface area contributed by atoms with Crippen LogP contribution in [0.4, 0.5) is 0 Å². The predicted octanol–water partition coefficient (Wildman–Crippen LogP) is -0.525. The van der Waals surface area contributed by atoms with Crippen molar-refractivity contribution < 1.29 is 14.7 Å². The zero-order valence-electron chi connectivity index (χ0n) is 11.1. The van der Waals surface area contributed by atoms with Crippen molar-refractivity contribution in [3.8, 4) is 0 Å². The normalized spacial score (nSPS) is 15.8. The molecule has 1 amide bonds. The molecule has 0 aliphatic heterocycles. The van der Waals surface area contributed by atoms with Gasteiger partial charge in [0.25, 0.3) is 0 Å². The fourth-order valence-electron chi connectivity index (χ4n) is 2.24. The van der Waals surface area contributed by atoms with E-state index < -0.39 is 23.6 Å². The van der Waals surface area contributed by atoms with Crippen LogP contribution < -0.4 is 11.0 Å². The lowest BCUT2D eigenvalue weighted by atomic mass is 10.2. The maximum absolute atomic E-state index is 12.0. The number of hydrogen-bond donors (Lipinski definition) is 2. The molecule has 1 unspecified atom stereocenters. The monoisotopic (exact) mass is 290 g/mol. The standard InChI is InChI=1S/C13H14N4O4/c18-10(14-11(12(19)20)8-4-5-8)7-17-13(21)16-6-2-1-3-9(16)15-17/h1-3,6,8,11H,4-5,7H2,(H,14,18)(H,19,20). The van der Waals surface area contributed by atoms with Crippen LogP contribution in [-0.4, -0.2) is 37.2 Å². The fraction of sp³-hybridized carbons (Fsp3) is 0.385. The van der Waals surface area contributed by atoms with E-state index in [1.54, 1.807) is 24.4 Å². The van der Waals surface area contributed by atoms with E-state index in [1.807, 2.05) is 0 Å². The smallest absolute Gasteiger partial charge is 0.350 e. The number of hydrogen-bond acceptors (Lipinski definition) is 4. The van der Waals surface area contributed by atoms with Crippen LogP contribution in [0.3, 0.4) is 0 Å². The molecule has 1 saturated carbocycles. The highest BCUT2D eigenvalue weighted by Crippen LogP contribution is 2.32. The molecule has 8 heteroatoms. The van der Waals surface area contributed by atoms with Crippen molar-refractivity contribution in [3.05, 3.63) is 34.9 Å². The second kappa shape index (κ2) is 5.04. The molecule has 21 heavy (non-hydrogen) atoms. The topological polar surface area (TPSA) is 106 Å². The number of carbonyl (C=O) groups is 2. The molecule has 0 spiro atoms. The Morgan fingerprint density at radius 3 is 2.81 bits per heavy atom. The number of carboxylic acids is 1. The largest absolute Gasteiger partial charge is 0.480 e. The summed E-state index contributed by atoms with van der Waals surface area (Å²) in [6.07, 6.45) is 3.15. The van der Waals surface area contributed by atoms with Gasteiger partial charge >= 0.3 is 11.7 Å². The summed E-state index contributed by atoms with van der Waals surface area (Å²) >= 11 is 0. The second-order valence-electron chi connectivity index (χ2n) is 5.09. The minimum Gasteiger partial charge on any atom is -0.480 e. The van der Waals surface area contributed by atoms with E-state index in [0.717, 1.165) is 17.5 Å². The molecular formula is C13H14N4O4.